The van der Waals surface area contributed by atoms with E-state index >= 15 is 0 Å². The third-order valence-corrected chi connectivity index (χ3v) is 6.88. The van der Waals surface area contributed by atoms with Crippen LogP contribution in [0.4, 0.5) is 5.95 Å². The van der Waals surface area contributed by atoms with Gasteiger partial charge in [0.25, 0.3) is 5.95 Å². The number of aromatic hydroxyl groups is 1. The molecule has 2 heterocycles. The molecule has 2 aromatic heterocycles. The SMILES string of the molecule is COc1cccc(O)c1-n1c(C/C=C\CCO)nnc1N[S+]([O-])C(C)C(C)c1cnc(C)cn1. The molecule has 1 aromatic carbocycles. The highest BCUT2D eigenvalue weighted by atomic mass is 32.2. The van der Waals surface area contributed by atoms with E-state index in [9.17, 15) is 9.66 Å². The van der Waals surface area contributed by atoms with Gasteiger partial charge in [-0.25, -0.2) is 0 Å². The molecule has 3 rings (SSSR count). The first-order valence-electron chi connectivity index (χ1n) is 10.9. The molecule has 3 aromatic rings. The Hall–Kier alpha value is -3.15. The summed E-state index contributed by atoms with van der Waals surface area (Å²) in [6.45, 7) is 5.71. The maximum Gasteiger partial charge on any atom is 0.271 e. The van der Waals surface area contributed by atoms with Crippen LogP contribution in [-0.4, -0.2) is 58.5 Å². The Morgan fingerprint density at radius 2 is 2.00 bits per heavy atom. The number of aromatic nitrogens is 5. The van der Waals surface area contributed by atoms with Crippen molar-refractivity contribution in [3.05, 3.63) is 60.0 Å². The largest absolute Gasteiger partial charge is 0.593 e. The molecule has 10 nitrogen and oxygen atoms in total. The first kappa shape index (κ1) is 25.5. The van der Waals surface area contributed by atoms with Crippen LogP contribution in [0.15, 0.2) is 42.7 Å². The van der Waals surface area contributed by atoms with Crippen LogP contribution in [0.2, 0.25) is 0 Å². The number of aliphatic hydroxyl groups excluding tert-OH is 1. The van der Waals surface area contributed by atoms with Gasteiger partial charge in [-0.05, 0) is 32.4 Å². The average molecular weight is 487 g/mol. The maximum atomic E-state index is 13.3. The first-order chi connectivity index (χ1) is 16.4. The van der Waals surface area contributed by atoms with Gasteiger partial charge >= 0.3 is 0 Å². The summed E-state index contributed by atoms with van der Waals surface area (Å²) >= 11 is -1.56. The third kappa shape index (κ3) is 5.85. The lowest BCUT2D eigenvalue weighted by atomic mass is 10.1. The average Bonchev–Trinajstić information content (AvgIpc) is 3.22. The highest BCUT2D eigenvalue weighted by molar-refractivity contribution is 7.93. The number of ether oxygens (including phenoxy) is 1. The summed E-state index contributed by atoms with van der Waals surface area (Å²) < 4.78 is 23.3. The quantitative estimate of drug-likeness (QED) is 0.275. The predicted molar refractivity (Wildman–Crippen MR) is 131 cm³/mol. The molecule has 0 spiro atoms. The standard InChI is InChI=1S/C23H30N6O4S/c1-15-13-25-18(14-24-15)16(2)17(3)34(32)28-23-27-26-21(11-6-5-7-12-30)29(23)22-19(31)9-8-10-20(22)33-4/h5-6,8-10,13-14,16-17,30-31H,7,11-12H2,1-4H3,(H,27,28)/b6-5-. The Morgan fingerprint density at radius 1 is 1.21 bits per heavy atom. The Kier molecular flexibility index (Phi) is 8.85. The van der Waals surface area contributed by atoms with E-state index in [-0.39, 0.29) is 29.5 Å². The number of hydrogen-bond acceptors (Lipinski definition) is 9. The zero-order valence-corrected chi connectivity index (χ0v) is 20.5. The van der Waals surface area contributed by atoms with Crippen LogP contribution in [0.1, 0.15) is 43.4 Å². The molecule has 0 aliphatic carbocycles. The lowest BCUT2D eigenvalue weighted by Gasteiger charge is -2.23. The number of nitrogens with zero attached hydrogens (tertiary/aromatic N) is 5. The summed E-state index contributed by atoms with van der Waals surface area (Å²) in [5, 5.41) is 27.8. The topological polar surface area (TPSA) is 141 Å². The summed E-state index contributed by atoms with van der Waals surface area (Å²) in [6.07, 6.45) is 7.96. The van der Waals surface area contributed by atoms with Gasteiger partial charge in [-0.1, -0.05) is 25.1 Å². The van der Waals surface area contributed by atoms with Crippen LogP contribution >= 0.6 is 0 Å². The van der Waals surface area contributed by atoms with Crippen LogP contribution in [-0.2, 0) is 17.8 Å². The Labute approximate surface area is 202 Å². The fraction of sp³-hybridized carbons (Fsp3) is 0.391. The van der Waals surface area contributed by atoms with E-state index in [1.165, 1.54) is 13.2 Å². The van der Waals surface area contributed by atoms with E-state index in [4.69, 9.17) is 9.84 Å². The monoisotopic (exact) mass is 486 g/mol. The Bertz CT molecular complexity index is 1110. The number of hydrogen-bond donors (Lipinski definition) is 3. The van der Waals surface area contributed by atoms with Gasteiger partial charge in [-0.3, -0.25) is 14.5 Å². The minimum atomic E-state index is -1.56. The molecular weight excluding hydrogens is 456 g/mol. The molecular formula is C23H30N6O4S. The van der Waals surface area contributed by atoms with E-state index in [2.05, 4.69) is 24.9 Å². The van der Waals surface area contributed by atoms with Crippen molar-refractivity contribution < 1.29 is 19.5 Å². The molecule has 0 aliphatic rings. The summed E-state index contributed by atoms with van der Waals surface area (Å²) in [6, 6.07) is 4.91. The summed E-state index contributed by atoms with van der Waals surface area (Å²) in [5.74, 6) is 0.935. The summed E-state index contributed by atoms with van der Waals surface area (Å²) in [5.41, 5.74) is 1.89. The second kappa shape index (κ2) is 11.8. The Morgan fingerprint density at radius 3 is 2.68 bits per heavy atom. The van der Waals surface area contributed by atoms with Gasteiger partial charge in [0.2, 0.25) is 0 Å². The van der Waals surface area contributed by atoms with Crippen LogP contribution in [0.25, 0.3) is 5.69 Å². The van der Waals surface area contributed by atoms with E-state index in [1.807, 2.05) is 32.9 Å². The Balaban J connectivity index is 1.93. The molecule has 3 unspecified atom stereocenters. The molecule has 11 heteroatoms. The number of para-hydroxylation sites is 1. The fourth-order valence-electron chi connectivity index (χ4n) is 3.28. The van der Waals surface area contributed by atoms with Crippen molar-refractivity contribution in [2.75, 3.05) is 18.4 Å². The van der Waals surface area contributed by atoms with Crippen LogP contribution in [0, 0.1) is 6.92 Å². The molecule has 0 saturated heterocycles. The van der Waals surface area contributed by atoms with E-state index < -0.39 is 11.4 Å². The van der Waals surface area contributed by atoms with Gasteiger partial charge in [-0.2, -0.15) is 4.72 Å². The summed E-state index contributed by atoms with van der Waals surface area (Å²) in [4.78, 5) is 8.69. The molecule has 0 saturated carbocycles. The number of phenols is 1. The van der Waals surface area contributed by atoms with Gasteiger partial charge in [0.15, 0.2) is 0 Å². The lowest BCUT2D eigenvalue weighted by Crippen LogP contribution is -2.31. The van der Waals surface area contributed by atoms with Crippen molar-refractivity contribution >= 4 is 17.3 Å². The predicted octanol–water partition coefficient (Wildman–Crippen LogP) is 2.83. The minimum Gasteiger partial charge on any atom is -0.593 e. The van der Waals surface area contributed by atoms with Gasteiger partial charge in [0.05, 0.1) is 29.9 Å². The van der Waals surface area contributed by atoms with Gasteiger partial charge in [-0.15, -0.1) is 10.2 Å². The van der Waals surface area contributed by atoms with Crippen LogP contribution in [0.5, 0.6) is 11.5 Å². The van der Waals surface area contributed by atoms with Gasteiger partial charge in [0, 0.05) is 31.3 Å². The van der Waals surface area contributed by atoms with Gasteiger partial charge < -0.3 is 19.5 Å². The van der Waals surface area contributed by atoms with E-state index in [1.54, 1.807) is 29.1 Å². The van der Waals surface area contributed by atoms with E-state index in [0.29, 0.717) is 30.1 Å². The molecule has 0 amide bonds. The smallest absolute Gasteiger partial charge is 0.271 e. The molecule has 3 N–H and O–H groups in total. The fourth-order valence-corrected chi connectivity index (χ4v) is 4.29. The second-order valence-electron chi connectivity index (χ2n) is 7.77. The van der Waals surface area contributed by atoms with Crippen molar-refractivity contribution in [3.8, 4) is 17.2 Å². The number of rotatable bonds is 11. The second-order valence-corrected chi connectivity index (χ2v) is 9.31. The first-order valence-corrected chi connectivity index (χ1v) is 12.1. The molecule has 0 bridgehead atoms. The molecule has 0 radical (unpaired) electrons. The van der Waals surface area contributed by atoms with Gasteiger partial charge in [0.1, 0.15) is 28.3 Å². The molecule has 34 heavy (non-hydrogen) atoms. The molecule has 0 fully saturated rings. The molecule has 0 aliphatic heterocycles. The van der Waals surface area contributed by atoms with Crippen molar-refractivity contribution in [3.63, 3.8) is 0 Å². The number of aryl methyl sites for hydroxylation is 1. The van der Waals surface area contributed by atoms with Crippen LogP contribution in [0.3, 0.4) is 0 Å². The zero-order chi connectivity index (χ0) is 24.7. The highest BCUT2D eigenvalue weighted by Crippen LogP contribution is 2.35. The van der Waals surface area contributed by atoms with Crippen molar-refractivity contribution in [1.29, 1.82) is 0 Å². The van der Waals surface area contributed by atoms with E-state index in [0.717, 1.165) is 11.4 Å². The number of aliphatic hydroxyl groups is 1. The normalized spacial score (nSPS) is 14.2. The third-order valence-electron chi connectivity index (χ3n) is 5.42. The minimum absolute atomic E-state index is 0.0371. The number of phenolic OH excluding ortho intramolecular Hbond substituents is 1. The molecule has 182 valence electrons. The van der Waals surface area contributed by atoms with Crippen molar-refractivity contribution in [2.45, 2.75) is 44.8 Å². The van der Waals surface area contributed by atoms with Crippen molar-refractivity contribution in [2.24, 2.45) is 0 Å². The number of benzene rings is 1. The number of anilines is 1. The zero-order valence-electron chi connectivity index (χ0n) is 19.7. The molecule has 3 atom stereocenters. The van der Waals surface area contributed by atoms with Crippen LogP contribution < -0.4 is 9.46 Å². The number of nitrogens with one attached hydrogen (secondary N) is 1. The van der Waals surface area contributed by atoms with Crippen molar-refractivity contribution in [1.82, 2.24) is 24.7 Å². The highest BCUT2D eigenvalue weighted by Gasteiger charge is 2.30. The summed E-state index contributed by atoms with van der Waals surface area (Å²) in [7, 11) is 1.50. The number of allylic oxidation sites excluding steroid dienone is 1. The number of methoxy groups -OCH3 is 1. The maximum absolute atomic E-state index is 13.3. The lowest BCUT2D eigenvalue weighted by molar-refractivity contribution is 0.302.